The molecule has 4 nitrogen and oxygen atoms in total. The third-order valence-corrected chi connectivity index (χ3v) is 5.74. The van der Waals surface area contributed by atoms with Gasteiger partial charge in [-0.2, -0.15) is 0 Å². The Labute approximate surface area is 136 Å². The van der Waals surface area contributed by atoms with Crippen LogP contribution in [0, 0.1) is 9.39 Å². The van der Waals surface area contributed by atoms with Gasteiger partial charge >= 0.3 is 0 Å². The Morgan fingerprint density at radius 3 is 2.95 bits per heavy atom. The topological polar surface area (TPSA) is 47.1 Å². The van der Waals surface area contributed by atoms with Crippen molar-refractivity contribution in [3.05, 3.63) is 21.5 Å². The summed E-state index contributed by atoms with van der Waals surface area (Å²) in [4.78, 5) is 7.01. The van der Waals surface area contributed by atoms with Gasteiger partial charge in [0.2, 0.25) is 5.95 Å². The number of nitrogens with zero attached hydrogens (tertiary/aromatic N) is 3. The maximum absolute atomic E-state index is 13.9. The number of fused-ring (bicyclic) bond motifs is 2. The lowest BCUT2D eigenvalue weighted by Crippen LogP contribution is -2.38. The number of nitrogen functional groups attached to an aromatic ring is 1. The second kappa shape index (κ2) is 5.08. The molecule has 1 aromatic carbocycles. The maximum atomic E-state index is 13.9. The van der Waals surface area contributed by atoms with Gasteiger partial charge in [-0.15, -0.1) is 0 Å². The van der Waals surface area contributed by atoms with Crippen LogP contribution in [0.15, 0.2) is 12.1 Å². The van der Waals surface area contributed by atoms with Crippen molar-refractivity contribution in [2.24, 2.45) is 0 Å². The fourth-order valence-corrected chi connectivity index (χ4v) is 4.38. The first-order valence-corrected chi connectivity index (χ1v) is 8.58. The van der Waals surface area contributed by atoms with Crippen molar-refractivity contribution in [2.45, 2.75) is 37.8 Å². The van der Waals surface area contributed by atoms with Crippen molar-refractivity contribution in [3.8, 4) is 0 Å². The summed E-state index contributed by atoms with van der Waals surface area (Å²) in [5, 5.41) is 0. The van der Waals surface area contributed by atoms with Crippen LogP contribution in [0.2, 0.25) is 0 Å². The fraction of sp³-hybridized carbons (Fsp3) is 0.533. The number of nitrogens with two attached hydrogens (primary N) is 1. The Balaban J connectivity index is 1.75. The van der Waals surface area contributed by atoms with Crippen molar-refractivity contribution in [2.75, 3.05) is 18.8 Å². The molecular weight excluding hydrogens is 382 g/mol. The zero-order valence-corrected chi connectivity index (χ0v) is 13.9. The van der Waals surface area contributed by atoms with E-state index >= 15 is 0 Å². The summed E-state index contributed by atoms with van der Waals surface area (Å²) in [7, 11) is 0. The van der Waals surface area contributed by atoms with E-state index < -0.39 is 0 Å². The third-order valence-electron chi connectivity index (χ3n) is 4.92. The zero-order chi connectivity index (χ0) is 14.6. The molecule has 2 atom stereocenters. The number of anilines is 1. The van der Waals surface area contributed by atoms with E-state index in [1.54, 1.807) is 12.1 Å². The van der Waals surface area contributed by atoms with Gasteiger partial charge in [0.15, 0.2) is 0 Å². The molecule has 1 aromatic heterocycles. The van der Waals surface area contributed by atoms with Gasteiger partial charge in [0, 0.05) is 24.7 Å². The highest BCUT2D eigenvalue weighted by molar-refractivity contribution is 14.1. The molecule has 2 unspecified atom stereocenters. The molecule has 4 rings (SSSR count). The van der Waals surface area contributed by atoms with Gasteiger partial charge < -0.3 is 15.2 Å². The smallest absolute Gasteiger partial charge is 0.201 e. The lowest BCUT2D eigenvalue weighted by atomic mass is 9.97. The van der Waals surface area contributed by atoms with Gasteiger partial charge in [-0.05, 0) is 60.9 Å². The highest BCUT2D eigenvalue weighted by Crippen LogP contribution is 2.36. The molecule has 21 heavy (non-hydrogen) atoms. The molecule has 0 spiro atoms. The van der Waals surface area contributed by atoms with Crippen molar-refractivity contribution in [1.82, 2.24) is 14.5 Å². The van der Waals surface area contributed by atoms with Crippen LogP contribution in [0.4, 0.5) is 10.3 Å². The largest absolute Gasteiger partial charge is 0.369 e. The number of aromatic nitrogens is 2. The van der Waals surface area contributed by atoms with Crippen LogP contribution < -0.4 is 5.73 Å². The molecule has 3 heterocycles. The molecule has 2 aromatic rings. The molecule has 2 N–H and O–H groups in total. The Morgan fingerprint density at radius 1 is 1.24 bits per heavy atom. The number of benzene rings is 1. The molecule has 0 amide bonds. The number of rotatable bonds is 1. The summed E-state index contributed by atoms with van der Waals surface area (Å²) in [6.07, 6.45) is 4.74. The maximum Gasteiger partial charge on any atom is 0.201 e. The predicted molar refractivity (Wildman–Crippen MR) is 89.7 cm³/mol. The average Bonchev–Trinajstić information content (AvgIpc) is 3.02. The normalized spacial score (nSPS) is 26.4. The minimum absolute atomic E-state index is 0.192. The molecule has 2 aliphatic rings. The van der Waals surface area contributed by atoms with Gasteiger partial charge in [0.05, 0.1) is 14.6 Å². The molecule has 2 fully saturated rings. The Bertz CT molecular complexity index is 699. The van der Waals surface area contributed by atoms with E-state index in [0.29, 0.717) is 21.6 Å². The molecule has 0 saturated carbocycles. The summed E-state index contributed by atoms with van der Waals surface area (Å²) in [6, 6.07) is 4.37. The van der Waals surface area contributed by atoms with E-state index in [-0.39, 0.29) is 5.82 Å². The third kappa shape index (κ3) is 2.23. The number of piperidine rings is 1. The zero-order valence-electron chi connectivity index (χ0n) is 11.7. The van der Waals surface area contributed by atoms with Gasteiger partial charge in [-0.3, -0.25) is 0 Å². The monoisotopic (exact) mass is 400 g/mol. The molecule has 2 saturated heterocycles. The fourth-order valence-electron chi connectivity index (χ4n) is 3.93. The van der Waals surface area contributed by atoms with E-state index in [1.807, 2.05) is 22.6 Å². The Hall–Kier alpha value is -0.890. The van der Waals surface area contributed by atoms with Crippen molar-refractivity contribution in [3.63, 3.8) is 0 Å². The second-order valence-corrected chi connectivity index (χ2v) is 7.27. The molecule has 0 aliphatic carbocycles. The van der Waals surface area contributed by atoms with E-state index in [1.165, 1.54) is 19.4 Å². The van der Waals surface area contributed by atoms with E-state index in [2.05, 4.69) is 14.5 Å². The van der Waals surface area contributed by atoms with Crippen molar-refractivity contribution >= 4 is 39.6 Å². The minimum atomic E-state index is -0.192. The molecule has 6 heteroatoms. The first-order valence-electron chi connectivity index (χ1n) is 7.50. The summed E-state index contributed by atoms with van der Waals surface area (Å²) in [6.45, 7) is 2.34. The van der Waals surface area contributed by atoms with Crippen LogP contribution in [0.25, 0.3) is 11.0 Å². The molecule has 112 valence electrons. The molecule has 0 bridgehead atoms. The SMILES string of the molecule is Nc1nc2cc(I)c(F)cc2n1C1CCN2CCCC2C1. The van der Waals surface area contributed by atoms with Crippen molar-refractivity contribution < 1.29 is 4.39 Å². The quantitative estimate of drug-likeness (QED) is 0.749. The lowest BCUT2D eigenvalue weighted by molar-refractivity contribution is 0.158. The molecule has 0 radical (unpaired) electrons. The van der Waals surface area contributed by atoms with Gasteiger partial charge in [-0.25, -0.2) is 9.37 Å². The Kier molecular flexibility index (Phi) is 3.33. The summed E-state index contributed by atoms with van der Waals surface area (Å²) in [5.74, 6) is 0.324. The predicted octanol–water partition coefficient (Wildman–Crippen LogP) is 3.16. The van der Waals surface area contributed by atoms with E-state index in [4.69, 9.17) is 5.73 Å². The first-order chi connectivity index (χ1) is 10.1. The summed E-state index contributed by atoms with van der Waals surface area (Å²) < 4.78 is 16.6. The van der Waals surface area contributed by atoms with Crippen LogP contribution in [0.3, 0.4) is 0 Å². The summed E-state index contributed by atoms with van der Waals surface area (Å²) >= 11 is 2.00. The molecular formula is C15H18FIN4. The summed E-state index contributed by atoms with van der Waals surface area (Å²) in [5.41, 5.74) is 7.77. The first kappa shape index (κ1) is 13.8. The Morgan fingerprint density at radius 2 is 2.10 bits per heavy atom. The number of imidazole rings is 1. The van der Waals surface area contributed by atoms with Crippen LogP contribution in [-0.4, -0.2) is 33.6 Å². The average molecular weight is 400 g/mol. The minimum Gasteiger partial charge on any atom is -0.369 e. The highest BCUT2D eigenvalue weighted by atomic mass is 127. The van der Waals surface area contributed by atoms with E-state index in [0.717, 1.165) is 30.4 Å². The van der Waals surface area contributed by atoms with Gasteiger partial charge in [0.1, 0.15) is 5.82 Å². The van der Waals surface area contributed by atoms with Crippen molar-refractivity contribution in [1.29, 1.82) is 0 Å². The second-order valence-electron chi connectivity index (χ2n) is 6.11. The van der Waals surface area contributed by atoms with Gasteiger partial charge in [-0.1, -0.05) is 0 Å². The number of hydrogen-bond donors (Lipinski definition) is 1. The standard InChI is InChI=1S/C15H18FIN4/c16-11-7-14-13(8-12(11)17)19-15(18)21(14)10-3-5-20-4-1-2-9(20)6-10/h7-10H,1-6H2,(H2,18,19). The lowest BCUT2D eigenvalue weighted by Gasteiger charge is -2.35. The van der Waals surface area contributed by atoms with E-state index in [9.17, 15) is 4.39 Å². The van der Waals surface area contributed by atoms with Crippen LogP contribution in [-0.2, 0) is 0 Å². The highest BCUT2D eigenvalue weighted by Gasteiger charge is 2.33. The van der Waals surface area contributed by atoms with Crippen LogP contribution in [0.5, 0.6) is 0 Å². The number of halogens is 2. The van der Waals surface area contributed by atoms with Crippen LogP contribution >= 0.6 is 22.6 Å². The van der Waals surface area contributed by atoms with Gasteiger partial charge in [0.25, 0.3) is 0 Å². The number of hydrogen-bond acceptors (Lipinski definition) is 3. The molecule has 2 aliphatic heterocycles. The van der Waals surface area contributed by atoms with Crippen LogP contribution in [0.1, 0.15) is 31.7 Å².